The van der Waals surface area contributed by atoms with Gasteiger partial charge in [0, 0.05) is 5.69 Å². The van der Waals surface area contributed by atoms with Crippen molar-refractivity contribution in [1.82, 2.24) is 14.3 Å². The highest BCUT2D eigenvalue weighted by molar-refractivity contribution is 6.37. The van der Waals surface area contributed by atoms with Gasteiger partial charge in [-0.15, -0.1) is 5.10 Å². The van der Waals surface area contributed by atoms with Gasteiger partial charge in [-0.05, 0) is 61.7 Å². The fraction of sp³-hybridized carbons (Fsp3) is 0.303. The van der Waals surface area contributed by atoms with Gasteiger partial charge in [-0.1, -0.05) is 66.9 Å². The first-order chi connectivity index (χ1) is 22.5. The maximum Gasteiger partial charge on any atom is 0.413 e. The zero-order valence-electron chi connectivity index (χ0n) is 26.0. The van der Waals surface area contributed by atoms with E-state index in [0.717, 1.165) is 26.8 Å². The van der Waals surface area contributed by atoms with Crippen molar-refractivity contribution in [2.75, 3.05) is 23.8 Å². The molecule has 246 valence electrons. The summed E-state index contributed by atoms with van der Waals surface area (Å²) in [5.41, 5.74) is 0.0392. The van der Waals surface area contributed by atoms with Crippen molar-refractivity contribution < 1.29 is 23.8 Å². The Bertz CT molecular complexity index is 1900. The van der Waals surface area contributed by atoms with E-state index in [1.54, 1.807) is 32.0 Å². The standard InChI is InChI=1S/C33H33Cl2N5O7/c1-4-5-14-46-31(43)37-28-29(41)39(13-15-45-19-20-9-7-6-8-10-20)32(44)40(38-28)21-16-24(34)27(25(35)17-21)47-22-11-12-26-23(18-22)33(2,3)30(42)36-26/h6-12,16-18H,4-5,13-15,19H2,1-3H3,(H,36,42)(H,37,38,43). The lowest BCUT2D eigenvalue weighted by molar-refractivity contribution is -0.119. The van der Waals surface area contributed by atoms with Crippen LogP contribution in [0.25, 0.3) is 5.69 Å². The number of carbonyl (C=O) groups is 2. The summed E-state index contributed by atoms with van der Waals surface area (Å²) in [7, 11) is 0. The van der Waals surface area contributed by atoms with E-state index < -0.39 is 28.6 Å². The lowest BCUT2D eigenvalue weighted by Gasteiger charge is -2.17. The van der Waals surface area contributed by atoms with Crippen LogP contribution in [0, 0.1) is 0 Å². The van der Waals surface area contributed by atoms with Gasteiger partial charge < -0.3 is 19.5 Å². The third kappa shape index (κ3) is 7.51. The number of benzene rings is 3. The molecular formula is C33H33Cl2N5O7. The van der Waals surface area contributed by atoms with Crippen LogP contribution >= 0.6 is 23.2 Å². The maximum atomic E-state index is 13.6. The van der Waals surface area contributed by atoms with Crippen LogP contribution in [0.15, 0.2) is 70.3 Å². The minimum atomic E-state index is -0.894. The van der Waals surface area contributed by atoms with E-state index >= 15 is 0 Å². The Labute approximate surface area is 280 Å². The van der Waals surface area contributed by atoms with Crippen LogP contribution in [-0.2, 0) is 32.8 Å². The molecule has 1 aromatic heterocycles. The molecular weight excluding hydrogens is 649 g/mol. The van der Waals surface area contributed by atoms with Crippen LogP contribution in [0.5, 0.6) is 11.5 Å². The van der Waals surface area contributed by atoms with Crippen molar-refractivity contribution in [3.8, 4) is 17.2 Å². The second-order valence-electron chi connectivity index (χ2n) is 11.3. The maximum absolute atomic E-state index is 13.6. The van der Waals surface area contributed by atoms with Crippen LogP contribution in [0.3, 0.4) is 0 Å². The summed E-state index contributed by atoms with van der Waals surface area (Å²) in [6.07, 6.45) is 0.538. The van der Waals surface area contributed by atoms with Crippen LogP contribution in [-0.4, -0.2) is 39.6 Å². The Balaban J connectivity index is 1.45. The van der Waals surface area contributed by atoms with Gasteiger partial charge in [0.05, 0.1) is 47.5 Å². The Kier molecular flexibility index (Phi) is 10.3. The fourth-order valence-electron chi connectivity index (χ4n) is 4.82. The highest BCUT2D eigenvalue weighted by Crippen LogP contribution is 2.42. The van der Waals surface area contributed by atoms with Crippen molar-refractivity contribution >= 4 is 46.7 Å². The van der Waals surface area contributed by atoms with Gasteiger partial charge in [-0.3, -0.25) is 19.5 Å². The first-order valence-corrected chi connectivity index (χ1v) is 15.7. The summed E-state index contributed by atoms with van der Waals surface area (Å²) < 4.78 is 18.7. The third-order valence-electron chi connectivity index (χ3n) is 7.51. The predicted octanol–water partition coefficient (Wildman–Crippen LogP) is 6.29. The van der Waals surface area contributed by atoms with Crippen molar-refractivity contribution in [1.29, 1.82) is 0 Å². The van der Waals surface area contributed by atoms with Crippen molar-refractivity contribution in [3.05, 3.63) is 103 Å². The van der Waals surface area contributed by atoms with E-state index in [9.17, 15) is 19.2 Å². The van der Waals surface area contributed by atoms with Gasteiger partial charge in [0.1, 0.15) is 5.75 Å². The molecule has 0 atom stereocenters. The Morgan fingerprint density at radius 2 is 1.72 bits per heavy atom. The first kappa shape index (κ1) is 33.7. The van der Waals surface area contributed by atoms with Crippen LogP contribution < -0.4 is 26.6 Å². The molecule has 4 aromatic rings. The number of ether oxygens (including phenoxy) is 3. The summed E-state index contributed by atoms with van der Waals surface area (Å²) in [5.74, 6) is -0.0845. The van der Waals surface area contributed by atoms with Gasteiger partial charge in [-0.2, -0.15) is 4.68 Å². The number of anilines is 2. The summed E-state index contributed by atoms with van der Waals surface area (Å²) in [6, 6.07) is 17.3. The third-order valence-corrected chi connectivity index (χ3v) is 8.07. The Morgan fingerprint density at radius 3 is 2.43 bits per heavy atom. The number of rotatable bonds is 12. The van der Waals surface area contributed by atoms with E-state index in [1.165, 1.54) is 12.1 Å². The number of hydrogen-bond acceptors (Lipinski definition) is 8. The predicted molar refractivity (Wildman–Crippen MR) is 178 cm³/mol. The first-order valence-electron chi connectivity index (χ1n) is 14.9. The fourth-order valence-corrected chi connectivity index (χ4v) is 5.37. The van der Waals surface area contributed by atoms with Gasteiger partial charge in [-0.25, -0.2) is 9.59 Å². The molecule has 12 nitrogen and oxygen atoms in total. The lowest BCUT2D eigenvalue weighted by atomic mass is 9.86. The van der Waals surface area contributed by atoms with Crippen LogP contribution in [0.2, 0.25) is 10.0 Å². The molecule has 0 radical (unpaired) electrons. The van der Waals surface area contributed by atoms with E-state index in [-0.39, 0.29) is 53.8 Å². The number of nitrogens with one attached hydrogen (secondary N) is 2. The monoisotopic (exact) mass is 681 g/mol. The second-order valence-corrected chi connectivity index (χ2v) is 12.1. The van der Waals surface area contributed by atoms with Crippen molar-refractivity contribution in [3.63, 3.8) is 0 Å². The molecule has 2 N–H and O–H groups in total. The molecule has 0 bridgehead atoms. The molecule has 5 rings (SSSR count). The SMILES string of the molecule is CCCCOC(=O)Nc1nn(-c2cc(Cl)c(Oc3ccc4c(c3)C(C)(C)C(=O)N4)c(Cl)c2)c(=O)n(CCOCc2ccccc2)c1=O. The molecule has 0 fully saturated rings. The molecule has 47 heavy (non-hydrogen) atoms. The average Bonchev–Trinajstić information content (AvgIpc) is 3.27. The molecule has 3 aromatic carbocycles. The number of aromatic nitrogens is 3. The summed E-state index contributed by atoms with van der Waals surface area (Å²) in [5, 5.41) is 9.38. The minimum Gasteiger partial charge on any atom is -0.454 e. The summed E-state index contributed by atoms with van der Waals surface area (Å²) in [4.78, 5) is 51.7. The summed E-state index contributed by atoms with van der Waals surface area (Å²) in [6.45, 7) is 5.84. The van der Waals surface area contributed by atoms with Crippen molar-refractivity contribution in [2.24, 2.45) is 0 Å². The highest BCUT2D eigenvalue weighted by Gasteiger charge is 2.38. The second kappa shape index (κ2) is 14.4. The quantitative estimate of drug-likeness (QED) is 0.166. The van der Waals surface area contributed by atoms with E-state index in [1.807, 2.05) is 37.3 Å². The topological polar surface area (TPSA) is 143 Å². The Hall–Kier alpha value is -4.65. The van der Waals surface area contributed by atoms with Crippen molar-refractivity contribution in [2.45, 2.75) is 52.2 Å². The number of nitrogens with zero attached hydrogens (tertiary/aromatic N) is 3. The number of carbonyl (C=O) groups excluding carboxylic acids is 2. The molecule has 14 heteroatoms. The van der Waals surface area contributed by atoms with Crippen LogP contribution in [0.4, 0.5) is 16.3 Å². The lowest BCUT2D eigenvalue weighted by Crippen LogP contribution is -2.43. The molecule has 0 aliphatic carbocycles. The highest BCUT2D eigenvalue weighted by atomic mass is 35.5. The zero-order valence-corrected chi connectivity index (χ0v) is 27.5. The average molecular weight is 683 g/mol. The molecule has 0 unspecified atom stereocenters. The number of fused-ring (bicyclic) bond motifs is 1. The van der Waals surface area contributed by atoms with Gasteiger partial charge in [0.15, 0.2) is 5.75 Å². The van der Waals surface area contributed by atoms with E-state index in [0.29, 0.717) is 17.9 Å². The molecule has 0 saturated heterocycles. The zero-order chi connectivity index (χ0) is 33.7. The van der Waals surface area contributed by atoms with Gasteiger partial charge >= 0.3 is 11.8 Å². The summed E-state index contributed by atoms with van der Waals surface area (Å²) >= 11 is 13.2. The number of hydrogen-bond donors (Lipinski definition) is 2. The molecule has 1 aliphatic heterocycles. The van der Waals surface area contributed by atoms with Crippen LogP contribution in [0.1, 0.15) is 44.7 Å². The number of unbranched alkanes of at least 4 members (excludes halogenated alkanes) is 1. The normalized spacial score (nSPS) is 13.2. The van der Waals surface area contributed by atoms with Gasteiger partial charge in [0.2, 0.25) is 11.7 Å². The molecule has 2 heterocycles. The largest absolute Gasteiger partial charge is 0.454 e. The molecule has 0 saturated carbocycles. The molecule has 1 aliphatic rings. The minimum absolute atomic E-state index is 0.0153. The molecule has 0 spiro atoms. The van der Waals surface area contributed by atoms with Gasteiger partial charge in [0.25, 0.3) is 5.56 Å². The van der Waals surface area contributed by atoms with E-state index in [2.05, 4.69) is 15.7 Å². The smallest absolute Gasteiger partial charge is 0.413 e. The molecule has 2 amide bonds. The number of amides is 2. The number of halogens is 2. The Morgan fingerprint density at radius 1 is 1.00 bits per heavy atom. The van der Waals surface area contributed by atoms with E-state index in [4.69, 9.17) is 37.4 Å².